The molecule has 23 heavy (non-hydrogen) atoms. The first-order valence-electron chi connectivity index (χ1n) is 6.84. The zero-order chi connectivity index (χ0) is 16.2. The topological polar surface area (TPSA) is 44.1 Å². The summed E-state index contributed by atoms with van der Waals surface area (Å²) in [6, 6.07) is 15.6. The van der Waals surface area contributed by atoms with Crippen LogP contribution in [-0.2, 0) is 6.61 Å². The summed E-state index contributed by atoms with van der Waals surface area (Å²) >= 11 is 11.7. The minimum Gasteiger partial charge on any atom is -0.487 e. The van der Waals surface area contributed by atoms with E-state index in [1.807, 2.05) is 12.1 Å². The van der Waals surface area contributed by atoms with Gasteiger partial charge in [0.1, 0.15) is 12.4 Å². The highest BCUT2D eigenvalue weighted by atomic mass is 35.5. The minimum absolute atomic E-state index is 0.277. The van der Waals surface area contributed by atoms with Gasteiger partial charge in [0.2, 0.25) is 0 Å². The molecule has 6 heteroatoms. The molecule has 0 fully saturated rings. The molecule has 3 rings (SSSR count). The molecular weight excluding hydrogens is 335 g/mol. The molecule has 1 heterocycles. The highest BCUT2D eigenvalue weighted by Crippen LogP contribution is 2.14. The largest absolute Gasteiger partial charge is 0.487 e. The fourth-order valence-corrected chi connectivity index (χ4v) is 2.25. The van der Waals surface area contributed by atoms with Crippen LogP contribution >= 0.6 is 23.2 Å². The molecule has 0 saturated carbocycles. The van der Waals surface area contributed by atoms with Gasteiger partial charge in [-0.3, -0.25) is 4.79 Å². The van der Waals surface area contributed by atoms with Gasteiger partial charge in [0.15, 0.2) is 0 Å². The van der Waals surface area contributed by atoms with E-state index in [0.29, 0.717) is 28.1 Å². The first-order valence-corrected chi connectivity index (χ1v) is 7.60. The molecule has 2 aromatic carbocycles. The van der Waals surface area contributed by atoms with Gasteiger partial charge in [-0.1, -0.05) is 35.3 Å². The van der Waals surface area contributed by atoms with Crippen LogP contribution in [0.15, 0.2) is 65.6 Å². The van der Waals surface area contributed by atoms with Crippen LogP contribution in [0, 0.1) is 0 Å². The number of rotatable bonds is 4. The van der Waals surface area contributed by atoms with Gasteiger partial charge in [-0.25, -0.2) is 0 Å². The maximum absolute atomic E-state index is 12.2. The van der Waals surface area contributed by atoms with Crippen molar-refractivity contribution >= 4 is 23.2 Å². The lowest BCUT2D eigenvalue weighted by Gasteiger charge is -2.08. The Hall–Kier alpha value is -2.30. The second-order valence-corrected chi connectivity index (χ2v) is 5.71. The molecule has 0 radical (unpaired) electrons. The van der Waals surface area contributed by atoms with Gasteiger partial charge >= 0.3 is 0 Å². The smallest absolute Gasteiger partial charge is 0.275 e. The lowest BCUT2D eigenvalue weighted by Crippen LogP contribution is -2.20. The van der Waals surface area contributed by atoms with E-state index in [1.54, 1.807) is 36.4 Å². The van der Waals surface area contributed by atoms with Crippen LogP contribution in [0.4, 0.5) is 0 Å². The van der Waals surface area contributed by atoms with Crippen LogP contribution < -0.4 is 10.3 Å². The average molecular weight is 347 g/mol. The summed E-state index contributed by atoms with van der Waals surface area (Å²) in [7, 11) is 0. The SMILES string of the molecule is O=c1cc(OCc2ccc(Cl)cc2)cnn1-c1ccc(Cl)cc1. The predicted molar refractivity (Wildman–Crippen MR) is 90.6 cm³/mol. The summed E-state index contributed by atoms with van der Waals surface area (Å²) in [5, 5.41) is 5.39. The first kappa shape index (κ1) is 15.6. The number of ether oxygens (including phenoxy) is 1. The Kier molecular flexibility index (Phi) is 4.65. The Bertz CT molecular complexity index is 859. The Balaban J connectivity index is 1.75. The molecule has 0 aliphatic rings. The molecule has 0 atom stereocenters. The molecule has 3 aromatic rings. The number of hydrogen-bond donors (Lipinski definition) is 0. The molecule has 0 aliphatic carbocycles. The normalized spacial score (nSPS) is 10.5. The van der Waals surface area contributed by atoms with Crippen molar-refractivity contribution < 1.29 is 4.74 Å². The number of benzene rings is 2. The Labute approximate surface area is 142 Å². The maximum atomic E-state index is 12.2. The van der Waals surface area contributed by atoms with Crippen molar-refractivity contribution in [2.45, 2.75) is 6.61 Å². The number of aromatic nitrogens is 2. The van der Waals surface area contributed by atoms with Crippen molar-refractivity contribution in [3.8, 4) is 11.4 Å². The standard InChI is InChI=1S/C17H12Cl2N2O2/c18-13-3-1-12(2-4-13)11-23-16-9-17(22)21(20-10-16)15-7-5-14(19)6-8-15/h1-10H,11H2. The third-order valence-electron chi connectivity index (χ3n) is 3.16. The van der Waals surface area contributed by atoms with Crippen LogP contribution in [0.3, 0.4) is 0 Å². The van der Waals surface area contributed by atoms with Crippen molar-refractivity contribution in [2.24, 2.45) is 0 Å². The van der Waals surface area contributed by atoms with Crippen LogP contribution in [-0.4, -0.2) is 9.78 Å². The van der Waals surface area contributed by atoms with Gasteiger partial charge in [-0.2, -0.15) is 9.78 Å². The van der Waals surface area contributed by atoms with Gasteiger partial charge in [0, 0.05) is 16.1 Å². The molecule has 0 amide bonds. The molecule has 0 unspecified atom stereocenters. The first-order chi connectivity index (χ1) is 11.1. The van der Waals surface area contributed by atoms with Gasteiger partial charge in [-0.05, 0) is 42.0 Å². The van der Waals surface area contributed by atoms with Gasteiger partial charge in [0.25, 0.3) is 5.56 Å². The summed E-state index contributed by atoms with van der Waals surface area (Å²) < 4.78 is 6.87. The summed E-state index contributed by atoms with van der Waals surface area (Å²) in [5.41, 5.74) is 1.32. The van der Waals surface area contributed by atoms with E-state index in [9.17, 15) is 4.79 Å². The van der Waals surface area contributed by atoms with Crippen molar-refractivity contribution in [3.05, 3.63) is 86.8 Å². The fraction of sp³-hybridized carbons (Fsp3) is 0.0588. The molecule has 0 spiro atoms. The van der Waals surface area contributed by atoms with E-state index in [0.717, 1.165) is 5.56 Å². The van der Waals surface area contributed by atoms with E-state index in [4.69, 9.17) is 27.9 Å². The highest BCUT2D eigenvalue weighted by molar-refractivity contribution is 6.30. The minimum atomic E-state index is -0.277. The van der Waals surface area contributed by atoms with Gasteiger partial charge in [-0.15, -0.1) is 0 Å². The molecule has 4 nitrogen and oxygen atoms in total. The fourth-order valence-electron chi connectivity index (χ4n) is 1.99. The molecule has 0 N–H and O–H groups in total. The molecule has 0 saturated heterocycles. The molecule has 0 bridgehead atoms. The Morgan fingerprint density at radius 3 is 2.17 bits per heavy atom. The van der Waals surface area contributed by atoms with E-state index >= 15 is 0 Å². The monoisotopic (exact) mass is 346 g/mol. The Morgan fingerprint density at radius 1 is 0.957 bits per heavy atom. The quantitative estimate of drug-likeness (QED) is 0.713. The summed E-state index contributed by atoms with van der Waals surface area (Å²) in [4.78, 5) is 12.2. The third-order valence-corrected chi connectivity index (χ3v) is 3.67. The number of halogens is 2. The molecule has 0 aliphatic heterocycles. The second-order valence-electron chi connectivity index (χ2n) is 4.83. The molecule has 116 valence electrons. The van der Waals surface area contributed by atoms with Gasteiger partial charge < -0.3 is 4.74 Å². The predicted octanol–water partition coefficient (Wildman–Crippen LogP) is 4.12. The second kappa shape index (κ2) is 6.86. The molecular formula is C17H12Cl2N2O2. The Morgan fingerprint density at radius 2 is 1.57 bits per heavy atom. The van der Waals surface area contributed by atoms with Crippen molar-refractivity contribution in [1.29, 1.82) is 0 Å². The lowest BCUT2D eigenvalue weighted by molar-refractivity contribution is 0.303. The van der Waals surface area contributed by atoms with E-state index in [2.05, 4.69) is 5.10 Å². The lowest BCUT2D eigenvalue weighted by atomic mass is 10.2. The average Bonchev–Trinajstić information content (AvgIpc) is 2.55. The van der Waals surface area contributed by atoms with Crippen LogP contribution in [0.25, 0.3) is 5.69 Å². The van der Waals surface area contributed by atoms with Crippen LogP contribution in [0.5, 0.6) is 5.75 Å². The number of nitrogens with zero attached hydrogens (tertiary/aromatic N) is 2. The zero-order valence-electron chi connectivity index (χ0n) is 11.9. The van der Waals surface area contributed by atoms with Crippen LogP contribution in [0.2, 0.25) is 10.0 Å². The van der Waals surface area contributed by atoms with Crippen molar-refractivity contribution in [2.75, 3.05) is 0 Å². The summed E-state index contributed by atoms with van der Waals surface area (Å²) in [5.74, 6) is 0.412. The molecule has 1 aromatic heterocycles. The van der Waals surface area contributed by atoms with Crippen molar-refractivity contribution in [3.63, 3.8) is 0 Å². The zero-order valence-corrected chi connectivity index (χ0v) is 13.5. The van der Waals surface area contributed by atoms with Crippen molar-refractivity contribution in [1.82, 2.24) is 9.78 Å². The maximum Gasteiger partial charge on any atom is 0.275 e. The highest BCUT2D eigenvalue weighted by Gasteiger charge is 2.04. The van der Waals surface area contributed by atoms with E-state index in [1.165, 1.54) is 16.9 Å². The van der Waals surface area contributed by atoms with Crippen LogP contribution in [0.1, 0.15) is 5.56 Å². The van der Waals surface area contributed by atoms with Gasteiger partial charge in [0.05, 0.1) is 11.9 Å². The van der Waals surface area contributed by atoms with E-state index < -0.39 is 0 Å². The third kappa shape index (κ3) is 3.92. The summed E-state index contributed by atoms with van der Waals surface area (Å²) in [6.45, 7) is 0.337. The number of hydrogen-bond acceptors (Lipinski definition) is 3. The summed E-state index contributed by atoms with van der Waals surface area (Å²) in [6.07, 6.45) is 1.51. The van der Waals surface area contributed by atoms with E-state index in [-0.39, 0.29) is 5.56 Å².